The van der Waals surface area contributed by atoms with Crippen molar-refractivity contribution in [2.24, 2.45) is 0 Å². The monoisotopic (exact) mass is 354 g/mol. The minimum absolute atomic E-state index is 0.104. The normalized spacial score (nSPS) is 11.7. The van der Waals surface area contributed by atoms with Crippen molar-refractivity contribution in [2.75, 3.05) is 0 Å². The first-order valence-corrected chi connectivity index (χ1v) is 10.3. The molecule has 3 rings (SSSR count). The highest BCUT2D eigenvalue weighted by Crippen LogP contribution is 2.23. The SMILES string of the molecule is CCCCCCCCn1[nH][n+]2c(CC)c(CC)c3ccccc3c2c1=O. The lowest BCUT2D eigenvalue weighted by molar-refractivity contribution is -0.592. The molecule has 4 nitrogen and oxygen atoms in total. The summed E-state index contributed by atoms with van der Waals surface area (Å²) in [5, 5.41) is 5.65. The molecule has 0 bridgehead atoms. The van der Waals surface area contributed by atoms with Crippen LogP contribution in [0.4, 0.5) is 0 Å². The maximum Gasteiger partial charge on any atom is 0.401 e. The zero-order valence-electron chi connectivity index (χ0n) is 16.5. The van der Waals surface area contributed by atoms with E-state index in [0.29, 0.717) is 0 Å². The summed E-state index contributed by atoms with van der Waals surface area (Å²) in [7, 11) is 0. The molecule has 140 valence electrons. The molecule has 0 spiro atoms. The summed E-state index contributed by atoms with van der Waals surface area (Å²) in [6.07, 6.45) is 9.27. The van der Waals surface area contributed by atoms with Crippen LogP contribution in [0, 0.1) is 0 Å². The lowest BCUT2D eigenvalue weighted by Gasteiger charge is -2.08. The summed E-state index contributed by atoms with van der Waals surface area (Å²) in [6, 6.07) is 8.32. The van der Waals surface area contributed by atoms with Crippen LogP contribution < -0.4 is 10.1 Å². The van der Waals surface area contributed by atoms with E-state index in [1.54, 1.807) is 4.68 Å². The predicted molar refractivity (Wildman–Crippen MR) is 108 cm³/mol. The van der Waals surface area contributed by atoms with Gasteiger partial charge in [-0.15, -0.1) is 9.20 Å². The molecule has 2 heterocycles. The third-order valence-corrected chi connectivity index (χ3v) is 5.44. The molecule has 1 N–H and O–H groups in total. The molecule has 0 aliphatic carbocycles. The van der Waals surface area contributed by atoms with E-state index in [4.69, 9.17) is 0 Å². The number of nitrogens with one attached hydrogen (secondary N) is 1. The first kappa shape index (κ1) is 18.7. The number of unbranched alkanes of at least 4 members (excludes halogenated alkanes) is 5. The van der Waals surface area contributed by atoms with E-state index >= 15 is 0 Å². The van der Waals surface area contributed by atoms with E-state index < -0.39 is 0 Å². The predicted octanol–water partition coefficient (Wildman–Crippen LogP) is 4.55. The van der Waals surface area contributed by atoms with Crippen molar-refractivity contribution < 1.29 is 4.52 Å². The van der Waals surface area contributed by atoms with Gasteiger partial charge in [-0.1, -0.05) is 69.9 Å². The van der Waals surface area contributed by atoms with Crippen LogP contribution in [0.2, 0.25) is 0 Å². The van der Waals surface area contributed by atoms with Gasteiger partial charge in [0, 0.05) is 17.4 Å². The number of aromatic amines is 1. The number of aromatic nitrogens is 3. The summed E-state index contributed by atoms with van der Waals surface area (Å²) in [5.41, 5.74) is 3.46. The topological polar surface area (TPSA) is 41.9 Å². The summed E-state index contributed by atoms with van der Waals surface area (Å²) in [5.74, 6) is 0. The Morgan fingerprint density at radius 2 is 1.62 bits per heavy atom. The van der Waals surface area contributed by atoms with E-state index in [9.17, 15) is 4.79 Å². The molecule has 0 saturated heterocycles. The highest BCUT2D eigenvalue weighted by molar-refractivity contribution is 5.95. The first-order valence-electron chi connectivity index (χ1n) is 10.3. The van der Waals surface area contributed by atoms with Gasteiger partial charge in [-0.25, -0.2) is 4.79 Å². The molecule has 0 radical (unpaired) electrons. The van der Waals surface area contributed by atoms with Crippen LogP contribution in [-0.2, 0) is 19.4 Å². The molecule has 0 amide bonds. The second-order valence-electron chi connectivity index (χ2n) is 7.19. The Bertz CT molecular complexity index is 936. The van der Waals surface area contributed by atoms with Crippen LogP contribution >= 0.6 is 0 Å². The number of H-pyrrole nitrogens is 1. The average Bonchev–Trinajstić information content (AvgIpc) is 3.00. The van der Waals surface area contributed by atoms with Crippen molar-refractivity contribution >= 4 is 16.3 Å². The van der Waals surface area contributed by atoms with Crippen LogP contribution in [0.25, 0.3) is 16.3 Å². The van der Waals surface area contributed by atoms with Crippen LogP contribution in [0.15, 0.2) is 29.1 Å². The fourth-order valence-corrected chi connectivity index (χ4v) is 4.08. The second kappa shape index (κ2) is 8.52. The molecule has 2 aromatic heterocycles. The zero-order chi connectivity index (χ0) is 18.5. The maximum atomic E-state index is 13.1. The smallest absolute Gasteiger partial charge is 0.234 e. The Balaban J connectivity index is 1.99. The maximum absolute atomic E-state index is 13.1. The fourth-order valence-electron chi connectivity index (χ4n) is 4.08. The third kappa shape index (κ3) is 3.42. The Hall–Kier alpha value is -2.10. The Labute approximate surface area is 155 Å². The van der Waals surface area contributed by atoms with E-state index in [0.717, 1.165) is 36.7 Å². The molecule has 3 aromatic rings. The van der Waals surface area contributed by atoms with Crippen molar-refractivity contribution in [1.29, 1.82) is 0 Å². The lowest BCUT2D eigenvalue weighted by Crippen LogP contribution is -2.32. The minimum atomic E-state index is 0.104. The number of hydrogen-bond acceptors (Lipinski definition) is 1. The van der Waals surface area contributed by atoms with Crippen molar-refractivity contribution in [3.63, 3.8) is 0 Å². The molecule has 0 unspecified atom stereocenters. The summed E-state index contributed by atoms with van der Waals surface area (Å²) in [6.45, 7) is 7.37. The van der Waals surface area contributed by atoms with E-state index in [2.05, 4.69) is 44.2 Å². The van der Waals surface area contributed by atoms with Crippen molar-refractivity contribution in [1.82, 2.24) is 9.90 Å². The lowest BCUT2D eigenvalue weighted by atomic mass is 10.00. The quantitative estimate of drug-likeness (QED) is 0.444. The van der Waals surface area contributed by atoms with E-state index in [1.165, 1.54) is 48.7 Å². The number of nitrogens with zero attached hydrogens (tertiary/aromatic N) is 2. The number of pyridine rings is 1. The molecule has 26 heavy (non-hydrogen) atoms. The van der Waals surface area contributed by atoms with Gasteiger partial charge in [0.05, 0.1) is 0 Å². The molecule has 0 aliphatic rings. The van der Waals surface area contributed by atoms with Crippen molar-refractivity contribution in [3.8, 4) is 0 Å². The molecule has 1 aromatic carbocycles. The fraction of sp³-hybridized carbons (Fsp3) is 0.545. The molecule has 0 atom stereocenters. The Morgan fingerprint density at radius 1 is 0.923 bits per heavy atom. The summed E-state index contributed by atoms with van der Waals surface area (Å²) < 4.78 is 3.85. The molecular weight excluding hydrogens is 322 g/mol. The van der Waals surface area contributed by atoms with Gasteiger partial charge in [-0.3, -0.25) is 0 Å². The van der Waals surface area contributed by atoms with Gasteiger partial charge in [0.2, 0.25) is 0 Å². The third-order valence-electron chi connectivity index (χ3n) is 5.44. The number of rotatable bonds is 9. The van der Waals surface area contributed by atoms with Gasteiger partial charge < -0.3 is 0 Å². The average molecular weight is 355 g/mol. The molecule has 0 aliphatic heterocycles. The standard InChI is InChI=1S/C22H31N3O/c1-4-7-8-9-10-13-16-24-22(26)21-19-15-12-11-14-18(19)17(5-2)20(6-3)25(21)23-24/h11-12,14-15H,4-10,13,16H2,1-3H3/p+1. The van der Waals surface area contributed by atoms with E-state index in [-0.39, 0.29) is 5.56 Å². The number of aryl methyl sites for hydroxylation is 3. The molecule has 4 heteroatoms. The van der Waals surface area contributed by atoms with Gasteiger partial charge in [0.25, 0.3) is 5.52 Å². The highest BCUT2D eigenvalue weighted by Gasteiger charge is 2.23. The number of fused-ring (bicyclic) bond motifs is 3. The van der Waals surface area contributed by atoms with Crippen LogP contribution in [-0.4, -0.2) is 9.90 Å². The Kier molecular flexibility index (Phi) is 6.12. The molecule has 0 saturated carbocycles. The second-order valence-corrected chi connectivity index (χ2v) is 7.19. The summed E-state index contributed by atoms with van der Waals surface area (Å²) >= 11 is 0. The van der Waals surface area contributed by atoms with E-state index in [1.807, 2.05) is 10.6 Å². The highest BCUT2D eigenvalue weighted by atomic mass is 16.1. The summed E-state index contributed by atoms with van der Waals surface area (Å²) in [4.78, 5) is 13.1. The number of benzene rings is 1. The van der Waals surface area contributed by atoms with Crippen LogP contribution in [0.3, 0.4) is 0 Å². The van der Waals surface area contributed by atoms with Crippen molar-refractivity contribution in [2.45, 2.75) is 78.7 Å². The van der Waals surface area contributed by atoms with Crippen LogP contribution in [0.5, 0.6) is 0 Å². The van der Waals surface area contributed by atoms with Gasteiger partial charge in [-0.05, 0) is 30.7 Å². The number of hydrogen-bond donors (Lipinski definition) is 1. The minimum Gasteiger partial charge on any atom is -0.234 e. The largest absolute Gasteiger partial charge is 0.401 e. The first-order chi connectivity index (χ1) is 12.7. The van der Waals surface area contributed by atoms with Gasteiger partial charge in [-0.2, -0.15) is 0 Å². The molecule has 0 fully saturated rings. The Morgan fingerprint density at radius 3 is 2.31 bits per heavy atom. The van der Waals surface area contributed by atoms with Gasteiger partial charge in [0.1, 0.15) is 12.2 Å². The van der Waals surface area contributed by atoms with Gasteiger partial charge >= 0.3 is 5.56 Å². The zero-order valence-corrected chi connectivity index (χ0v) is 16.5. The van der Waals surface area contributed by atoms with Gasteiger partial charge in [0.15, 0.2) is 0 Å². The van der Waals surface area contributed by atoms with Crippen LogP contribution in [0.1, 0.15) is 70.6 Å². The van der Waals surface area contributed by atoms with Crippen molar-refractivity contribution in [3.05, 3.63) is 45.9 Å². The molecular formula is C22H32N3O+.